The number of imidazole rings is 1. The Labute approximate surface area is 87.0 Å². The lowest BCUT2D eigenvalue weighted by molar-refractivity contribution is 0.708. The zero-order valence-corrected chi connectivity index (χ0v) is 8.66. The second-order valence-electron chi connectivity index (χ2n) is 4.05. The highest BCUT2D eigenvalue weighted by Crippen LogP contribution is 2.38. The predicted molar refractivity (Wildman–Crippen MR) is 58.0 cm³/mol. The normalized spacial score (nSPS) is 16.1. The van der Waals surface area contributed by atoms with Gasteiger partial charge >= 0.3 is 0 Å². The zero-order valence-electron chi connectivity index (χ0n) is 8.66. The molecule has 0 bridgehead atoms. The number of hydrogen-bond acceptors (Lipinski definition) is 2. The molecule has 2 aromatic rings. The summed E-state index contributed by atoms with van der Waals surface area (Å²) in [5.41, 5.74) is 1.84. The van der Waals surface area contributed by atoms with Crippen LogP contribution in [0, 0.1) is 0 Å². The summed E-state index contributed by atoms with van der Waals surface area (Å²) in [4.78, 5) is 18.5. The first kappa shape index (κ1) is 8.71. The van der Waals surface area contributed by atoms with Crippen LogP contribution in [0.5, 0.6) is 0 Å². The van der Waals surface area contributed by atoms with Crippen molar-refractivity contribution in [3.05, 3.63) is 28.4 Å². The van der Waals surface area contributed by atoms with E-state index in [0.717, 1.165) is 23.3 Å². The van der Waals surface area contributed by atoms with Crippen LogP contribution in [0.4, 0.5) is 0 Å². The molecule has 1 N–H and O–H groups in total. The first-order valence-electron chi connectivity index (χ1n) is 5.39. The smallest absolute Gasteiger partial charge is 0.250 e. The Morgan fingerprint density at radius 3 is 3.07 bits per heavy atom. The monoisotopic (exact) mass is 203 g/mol. The maximum atomic E-state index is 11.3. The number of hydrogen-bond donors (Lipinski definition) is 1. The predicted octanol–water partition coefficient (Wildman–Crippen LogP) is 1.62. The molecule has 0 radical (unpaired) electrons. The molecule has 1 fully saturated rings. The highest BCUT2D eigenvalue weighted by molar-refractivity contribution is 5.75. The van der Waals surface area contributed by atoms with Crippen molar-refractivity contribution < 1.29 is 0 Å². The molecule has 2 heterocycles. The number of pyridine rings is 1. The van der Waals surface area contributed by atoms with Crippen LogP contribution in [0.15, 0.2) is 17.1 Å². The van der Waals surface area contributed by atoms with Gasteiger partial charge in [-0.3, -0.25) is 4.79 Å². The number of fused-ring (bicyclic) bond motifs is 1. The Morgan fingerprint density at radius 1 is 1.60 bits per heavy atom. The number of aromatic amines is 1. The second kappa shape index (κ2) is 2.95. The minimum Gasteiger partial charge on any atom is -0.327 e. The van der Waals surface area contributed by atoms with Crippen LogP contribution in [0.3, 0.4) is 0 Å². The van der Waals surface area contributed by atoms with Gasteiger partial charge in [-0.2, -0.15) is 0 Å². The Hall–Kier alpha value is -1.58. The van der Waals surface area contributed by atoms with Crippen LogP contribution in [-0.2, 0) is 6.42 Å². The van der Waals surface area contributed by atoms with Crippen molar-refractivity contribution in [2.24, 2.45) is 0 Å². The summed E-state index contributed by atoms with van der Waals surface area (Å²) in [5.74, 6) is 1.09. The Balaban J connectivity index is 2.34. The van der Waals surface area contributed by atoms with E-state index in [1.807, 2.05) is 0 Å². The van der Waals surface area contributed by atoms with Gasteiger partial charge in [0.15, 0.2) is 0 Å². The quantitative estimate of drug-likeness (QED) is 0.806. The molecular weight excluding hydrogens is 190 g/mol. The molecule has 1 aliphatic carbocycles. The summed E-state index contributed by atoms with van der Waals surface area (Å²) in [7, 11) is 0. The van der Waals surface area contributed by atoms with E-state index in [-0.39, 0.29) is 5.56 Å². The molecule has 0 amide bonds. The summed E-state index contributed by atoms with van der Waals surface area (Å²) in [6.45, 7) is 2.10. The molecule has 15 heavy (non-hydrogen) atoms. The lowest BCUT2D eigenvalue weighted by Gasteiger charge is -2.04. The Kier molecular flexibility index (Phi) is 1.71. The second-order valence-corrected chi connectivity index (χ2v) is 4.05. The Bertz CT molecular complexity index is 563. The molecule has 0 saturated heterocycles. The molecule has 4 nitrogen and oxygen atoms in total. The zero-order chi connectivity index (χ0) is 10.4. The number of H-pyrrole nitrogens is 1. The fourth-order valence-electron chi connectivity index (χ4n) is 2.06. The molecule has 2 aromatic heterocycles. The lowest BCUT2D eigenvalue weighted by Crippen LogP contribution is -2.05. The topological polar surface area (TPSA) is 50.7 Å². The van der Waals surface area contributed by atoms with Crippen LogP contribution in [0.1, 0.15) is 31.6 Å². The maximum Gasteiger partial charge on any atom is 0.250 e. The third kappa shape index (κ3) is 1.28. The SMILES string of the molecule is CCc1nc2c[nH]c(=O)cc2n1C1CC1. The number of aryl methyl sites for hydroxylation is 1. The van der Waals surface area contributed by atoms with Crippen LogP contribution in [0.25, 0.3) is 11.0 Å². The van der Waals surface area contributed by atoms with Gasteiger partial charge in [-0.1, -0.05) is 6.92 Å². The fourth-order valence-corrected chi connectivity index (χ4v) is 2.06. The molecule has 0 atom stereocenters. The van der Waals surface area contributed by atoms with E-state index < -0.39 is 0 Å². The molecule has 78 valence electrons. The van der Waals surface area contributed by atoms with Crippen LogP contribution in [-0.4, -0.2) is 14.5 Å². The van der Waals surface area contributed by atoms with Crippen molar-refractivity contribution in [2.45, 2.75) is 32.2 Å². The van der Waals surface area contributed by atoms with E-state index in [9.17, 15) is 4.79 Å². The molecule has 0 unspecified atom stereocenters. The third-order valence-corrected chi connectivity index (χ3v) is 2.90. The number of nitrogens with zero attached hydrogens (tertiary/aromatic N) is 2. The van der Waals surface area contributed by atoms with E-state index in [1.54, 1.807) is 12.3 Å². The van der Waals surface area contributed by atoms with Gasteiger partial charge < -0.3 is 9.55 Å². The average Bonchev–Trinajstić information content (AvgIpc) is 2.99. The molecular formula is C11H13N3O. The molecule has 1 aliphatic rings. The minimum absolute atomic E-state index is 0.0491. The average molecular weight is 203 g/mol. The van der Waals surface area contributed by atoms with E-state index in [2.05, 4.69) is 21.5 Å². The highest BCUT2D eigenvalue weighted by atomic mass is 16.1. The maximum absolute atomic E-state index is 11.3. The van der Waals surface area contributed by atoms with Crippen molar-refractivity contribution in [1.29, 1.82) is 0 Å². The fraction of sp³-hybridized carbons (Fsp3) is 0.455. The summed E-state index contributed by atoms with van der Waals surface area (Å²) in [6.07, 6.45) is 5.05. The molecule has 4 heteroatoms. The van der Waals surface area contributed by atoms with Gasteiger partial charge in [-0.05, 0) is 12.8 Å². The van der Waals surface area contributed by atoms with Gasteiger partial charge in [0.05, 0.1) is 5.52 Å². The van der Waals surface area contributed by atoms with Gasteiger partial charge in [0.25, 0.3) is 0 Å². The molecule has 1 saturated carbocycles. The van der Waals surface area contributed by atoms with Crippen LogP contribution in [0.2, 0.25) is 0 Å². The number of rotatable bonds is 2. The van der Waals surface area contributed by atoms with Crippen molar-refractivity contribution >= 4 is 11.0 Å². The Morgan fingerprint density at radius 2 is 2.40 bits per heavy atom. The summed E-state index contributed by atoms with van der Waals surface area (Å²) >= 11 is 0. The van der Waals surface area contributed by atoms with E-state index in [0.29, 0.717) is 6.04 Å². The van der Waals surface area contributed by atoms with E-state index in [4.69, 9.17) is 0 Å². The summed E-state index contributed by atoms with van der Waals surface area (Å²) < 4.78 is 2.23. The number of nitrogens with one attached hydrogen (secondary N) is 1. The van der Waals surface area contributed by atoms with Gasteiger partial charge in [-0.25, -0.2) is 4.98 Å². The molecule has 0 aliphatic heterocycles. The largest absolute Gasteiger partial charge is 0.327 e. The van der Waals surface area contributed by atoms with Gasteiger partial charge in [0, 0.05) is 24.7 Å². The lowest BCUT2D eigenvalue weighted by atomic mass is 10.4. The molecule has 0 spiro atoms. The van der Waals surface area contributed by atoms with Gasteiger partial charge in [0.2, 0.25) is 5.56 Å². The van der Waals surface area contributed by atoms with Crippen LogP contribution >= 0.6 is 0 Å². The third-order valence-electron chi connectivity index (χ3n) is 2.90. The summed E-state index contributed by atoms with van der Waals surface area (Å²) in [5, 5.41) is 0. The standard InChI is InChI=1S/C11H13N3O/c1-2-10-13-8-6-12-11(15)5-9(8)14(10)7-3-4-7/h5-7H,2-4H2,1H3,(H,12,15). The minimum atomic E-state index is -0.0491. The van der Waals surface area contributed by atoms with Gasteiger partial charge in [-0.15, -0.1) is 0 Å². The number of aromatic nitrogens is 3. The van der Waals surface area contributed by atoms with Crippen LogP contribution < -0.4 is 5.56 Å². The molecule has 0 aromatic carbocycles. The molecule has 3 rings (SSSR count). The van der Waals surface area contributed by atoms with Crippen molar-refractivity contribution in [3.63, 3.8) is 0 Å². The first-order valence-corrected chi connectivity index (χ1v) is 5.39. The van der Waals surface area contributed by atoms with E-state index in [1.165, 1.54) is 12.8 Å². The van der Waals surface area contributed by atoms with Crippen molar-refractivity contribution in [3.8, 4) is 0 Å². The highest BCUT2D eigenvalue weighted by Gasteiger charge is 2.27. The first-order chi connectivity index (χ1) is 7.29. The van der Waals surface area contributed by atoms with E-state index >= 15 is 0 Å². The van der Waals surface area contributed by atoms with Crippen molar-refractivity contribution in [1.82, 2.24) is 14.5 Å². The summed E-state index contributed by atoms with van der Waals surface area (Å²) in [6, 6.07) is 2.23. The van der Waals surface area contributed by atoms with Crippen molar-refractivity contribution in [2.75, 3.05) is 0 Å². The van der Waals surface area contributed by atoms with Gasteiger partial charge in [0.1, 0.15) is 11.3 Å².